The summed E-state index contributed by atoms with van der Waals surface area (Å²) in [7, 11) is 0. The zero-order chi connectivity index (χ0) is 13.7. The van der Waals surface area contributed by atoms with Crippen molar-refractivity contribution >= 4 is 23.3 Å². The van der Waals surface area contributed by atoms with Crippen molar-refractivity contribution in [2.24, 2.45) is 5.92 Å². The maximum absolute atomic E-state index is 11.8. The molecule has 4 nitrogen and oxygen atoms in total. The van der Waals surface area contributed by atoms with Crippen LogP contribution in [0.2, 0.25) is 0 Å². The first-order chi connectivity index (χ1) is 9.17. The Morgan fingerprint density at radius 1 is 1.53 bits per heavy atom. The number of hydrogen-bond acceptors (Lipinski definition) is 4. The van der Waals surface area contributed by atoms with Crippen LogP contribution in [0.15, 0.2) is 12.3 Å². The van der Waals surface area contributed by atoms with Crippen LogP contribution < -0.4 is 5.32 Å². The molecule has 0 radical (unpaired) electrons. The largest absolute Gasteiger partial charge is 0.396 e. The van der Waals surface area contributed by atoms with Crippen LogP contribution >= 0.6 is 11.3 Å². The van der Waals surface area contributed by atoms with E-state index in [1.807, 2.05) is 6.92 Å². The number of aryl methyl sites for hydroxylation is 1. The van der Waals surface area contributed by atoms with Crippen LogP contribution in [-0.2, 0) is 4.79 Å². The SMILES string of the molecule is Cc1ncc(/C=C/C(=O)NC2CCC(CO)CC2)s1. The zero-order valence-electron chi connectivity index (χ0n) is 11.1. The molecule has 1 aliphatic carbocycles. The van der Waals surface area contributed by atoms with Crippen LogP contribution in [0.5, 0.6) is 0 Å². The first kappa shape index (κ1) is 14.2. The average Bonchev–Trinajstić information content (AvgIpc) is 2.83. The molecular formula is C14H20N2O2S. The number of amides is 1. The average molecular weight is 280 g/mol. The van der Waals surface area contributed by atoms with Crippen molar-refractivity contribution in [1.82, 2.24) is 10.3 Å². The molecule has 0 atom stereocenters. The molecule has 104 valence electrons. The molecule has 1 saturated carbocycles. The van der Waals surface area contributed by atoms with Crippen LogP contribution in [-0.4, -0.2) is 28.6 Å². The number of carbonyl (C=O) groups is 1. The van der Waals surface area contributed by atoms with E-state index in [4.69, 9.17) is 5.11 Å². The Balaban J connectivity index is 1.77. The maximum atomic E-state index is 11.8. The Hall–Kier alpha value is -1.20. The van der Waals surface area contributed by atoms with Gasteiger partial charge < -0.3 is 10.4 Å². The summed E-state index contributed by atoms with van der Waals surface area (Å²) in [5.74, 6) is 0.377. The second kappa shape index (κ2) is 6.82. The van der Waals surface area contributed by atoms with E-state index in [9.17, 15) is 4.79 Å². The first-order valence-electron chi connectivity index (χ1n) is 6.69. The van der Waals surface area contributed by atoms with Crippen molar-refractivity contribution in [3.05, 3.63) is 22.2 Å². The van der Waals surface area contributed by atoms with Gasteiger partial charge in [-0.3, -0.25) is 4.79 Å². The number of aromatic nitrogens is 1. The van der Waals surface area contributed by atoms with E-state index < -0.39 is 0 Å². The van der Waals surface area contributed by atoms with E-state index in [1.165, 1.54) is 0 Å². The summed E-state index contributed by atoms with van der Waals surface area (Å²) in [6, 6.07) is 0.253. The fraction of sp³-hybridized carbons (Fsp3) is 0.571. The molecule has 0 bridgehead atoms. The molecule has 0 aromatic carbocycles. The molecule has 1 fully saturated rings. The fourth-order valence-electron chi connectivity index (χ4n) is 2.35. The standard InChI is InChI=1S/C14H20N2O2S/c1-10-15-8-13(19-10)6-7-14(18)16-12-4-2-11(9-17)3-5-12/h6-8,11-12,17H,2-5,9H2,1H3,(H,16,18)/b7-6+. The van der Waals surface area contributed by atoms with Crippen molar-refractivity contribution in [2.75, 3.05) is 6.61 Å². The molecule has 2 rings (SSSR count). The number of nitrogens with one attached hydrogen (secondary N) is 1. The summed E-state index contributed by atoms with van der Waals surface area (Å²) in [6.45, 7) is 2.22. The Bertz CT molecular complexity index is 448. The molecular weight excluding hydrogens is 260 g/mol. The van der Waals surface area contributed by atoms with E-state index in [-0.39, 0.29) is 18.6 Å². The van der Waals surface area contributed by atoms with Crippen molar-refractivity contribution in [2.45, 2.75) is 38.6 Å². The highest BCUT2D eigenvalue weighted by atomic mass is 32.1. The van der Waals surface area contributed by atoms with Gasteiger partial charge >= 0.3 is 0 Å². The molecule has 0 aliphatic heterocycles. The molecule has 1 aliphatic rings. The number of nitrogens with zero attached hydrogens (tertiary/aromatic N) is 1. The predicted molar refractivity (Wildman–Crippen MR) is 76.9 cm³/mol. The number of thiazole rings is 1. The smallest absolute Gasteiger partial charge is 0.244 e. The molecule has 2 N–H and O–H groups in total. The number of hydrogen-bond donors (Lipinski definition) is 2. The summed E-state index contributed by atoms with van der Waals surface area (Å²) < 4.78 is 0. The number of aliphatic hydroxyl groups is 1. The van der Waals surface area contributed by atoms with Crippen LogP contribution in [0, 0.1) is 12.8 Å². The second-order valence-electron chi connectivity index (χ2n) is 5.02. The van der Waals surface area contributed by atoms with Crippen molar-refractivity contribution in [3.63, 3.8) is 0 Å². The molecule has 1 aromatic heterocycles. The van der Waals surface area contributed by atoms with Gasteiger partial charge in [0.2, 0.25) is 5.91 Å². The topological polar surface area (TPSA) is 62.2 Å². The van der Waals surface area contributed by atoms with Crippen molar-refractivity contribution < 1.29 is 9.90 Å². The zero-order valence-corrected chi connectivity index (χ0v) is 11.9. The third-order valence-electron chi connectivity index (χ3n) is 3.49. The summed E-state index contributed by atoms with van der Waals surface area (Å²) in [5, 5.41) is 13.1. The fourth-order valence-corrected chi connectivity index (χ4v) is 3.04. The van der Waals surface area contributed by atoms with Gasteiger partial charge in [0, 0.05) is 29.8 Å². The maximum Gasteiger partial charge on any atom is 0.244 e. The van der Waals surface area contributed by atoms with E-state index in [1.54, 1.807) is 29.7 Å². The van der Waals surface area contributed by atoms with Crippen LogP contribution in [0.25, 0.3) is 6.08 Å². The molecule has 0 saturated heterocycles. The van der Waals surface area contributed by atoms with Gasteiger partial charge in [-0.05, 0) is 44.6 Å². The highest BCUT2D eigenvalue weighted by Gasteiger charge is 2.21. The minimum Gasteiger partial charge on any atom is -0.396 e. The van der Waals surface area contributed by atoms with Crippen molar-refractivity contribution in [1.29, 1.82) is 0 Å². The lowest BCUT2D eigenvalue weighted by atomic mass is 9.86. The van der Waals surface area contributed by atoms with Crippen LogP contribution in [0.3, 0.4) is 0 Å². The van der Waals surface area contributed by atoms with E-state index in [2.05, 4.69) is 10.3 Å². The van der Waals surface area contributed by atoms with Gasteiger partial charge in [-0.15, -0.1) is 11.3 Å². The quantitative estimate of drug-likeness (QED) is 0.831. The monoisotopic (exact) mass is 280 g/mol. The van der Waals surface area contributed by atoms with Gasteiger partial charge in [-0.25, -0.2) is 4.98 Å². The molecule has 5 heteroatoms. The van der Waals surface area contributed by atoms with Gasteiger partial charge in [0.25, 0.3) is 0 Å². The Kier molecular flexibility index (Phi) is 5.10. The Morgan fingerprint density at radius 3 is 2.84 bits per heavy atom. The Labute approximate surface area is 117 Å². The summed E-state index contributed by atoms with van der Waals surface area (Å²) >= 11 is 1.57. The van der Waals surface area contributed by atoms with E-state index in [0.29, 0.717) is 5.92 Å². The van der Waals surface area contributed by atoms with Gasteiger partial charge in [-0.2, -0.15) is 0 Å². The van der Waals surface area contributed by atoms with E-state index in [0.717, 1.165) is 35.6 Å². The lowest BCUT2D eigenvalue weighted by Gasteiger charge is -2.27. The normalized spacial score (nSPS) is 23.7. The minimum atomic E-state index is -0.0431. The molecule has 0 spiro atoms. The van der Waals surface area contributed by atoms with Gasteiger partial charge in [0.1, 0.15) is 0 Å². The Morgan fingerprint density at radius 2 is 2.26 bits per heavy atom. The predicted octanol–water partition coefficient (Wildman–Crippen LogP) is 2.13. The third-order valence-corrected chi connectivity index (χ3v) is 4.37. The third kappa shape index (κ3) is 4.44. The molecule has 1 amide bonds. The van der Waals surface area contributed by atoms with Gasteiger partial charge in [0.05, 0.1) is 5.01 Å². The van der Waals surface area contributed by atoms with Crippen LogP contribution in [0.1, 0.15) is 35.6 Å². The number of carbonyl (C=O) groups excluding carboxylic acids is 1. The highest BCUT2D eigenvalue weighted by molar-refractivity contribution is 7.12. The minimum absolute atomic E-state index is 0.0431. The van der Waals surface area contributed by atoms with Gasteiger partial charge in [0.15, 0.2) is 0 Å². The van der Waals surface area contributed by atoms with Crippen LogP contribution in [0.4, 0.5) is 0 Å². The first-order valence-corrected chi connectivity index (χ1v) is 7.51. The second-order valence-corrected chi connectivity index (χ2v) is 6.29. The van der Waals surface area contributed by atoms with E-state index >= 15 is 0 Å². The summed E-state index contributed by atoms with van der Waals surface area (Å²) in [5.41, 5.74) is 0. The summed E-state index contributed by atoms with van der Waals surface area (Å²) in [4.78, 5) is 16.9. The highest BCUT2D eigenvalue weighted by Crippen LogP contribution is 2.23. The number of rotatable bonds is 4. The van der Waals surface area contributed by atoms with Crippen molar-refractivity contribution in [3.8, 4) is 0 Å². The molecule has 19 heavy (non-hydrogen) atoms. The molecule has 0 unspecified atom stereocenters. The lowest BCUT2D eigenvalue weighted by Crippen LogP contribution is -2.37. The molecule has 1 heterocycles. The number of aliphatic hydroxyl groups excluding tert-OH is 1. The van der Waals surface area contributed by atoms with Gasteiger partial charge in [-0.1, -0.05) is 0 Å². The molecule has 1 aromatic rings. The lowest BCUT2D eigenvalue weighted by molar-refractivity contribution is -0.117. The summed E-state index contributed by atoms with van der Waals surface area (Å²) in [6.07, 6.45) is 9.08.